The molecule has 47 heavy (non-hydrogen) atoms. The van der Waals surface area contributed by atoms with Crippen molar-refractivity contribution in [1.82, 2.24) is 0 Å². The van der Waals surface area contributed by atoms with E-state index in [1.54, 1.807) is 0 Å². The summed E-state index contributed by atoms with van der Waals surface area (Å²) in [6.07, 6.45) is 4.22. The zero-order chi connectivity index (χ0) is 32.9. The highest BCUT2D eigenvalue weighted by molar-refractivity contribution is 5.99. The molecule has 6 rings (SSSR count). The summed E-state index contributed by atoms with van der Waals surface area (Å²) in [4.78, 5) is 4.96. The fourth-order valence-electron chi connectivity index (χ4n) is 7.32. The maximum Gasteiger partial charge on any atom is 0.0697 e. The summed E-state index contributed by atoms with van der Waals surface area (Å²) in [5.41, 5.74) is 8.59. The third kappa shape index (κ3) is 6.05. The number of benzene rings is 6. The van der Waals surface area contributed by atoms with Gasteiger partial charge in [-0.25, -0.2) is 0 Å². The summed E-state index contributed by atoms with van der Waals surface area (Å²) in [5.74, 6) is 0. The van der Waals surface area contributed by atoms with Gasteiger partial charge in [0.2, 0.25) is 0 Å². The van der Waals surface area contributed by atoms with Crippen molar-refractivity contribution in [2.24, 2.45) is 0 Å². The fourth-order valence-corrected chi connectivity index (χ4v) is 7.32. The molecular formula is C45H48N2. The number of fused-ring (bicyclic) bond motifs is 1. The maximum atomic E-state index is 2.58. The summed E-state index contributed by atoms with van der Waals surface area (Å²) in [5, 5.41) is 2.47. The molecular weight excluding hydrogens is 569 g/mol. The minimum atomic E-state index is -0.217. The van der Waals surface area contributed by atoms with Crippen LogP contribution in [-0.2, 0) is 11.0 Å². The van der Waals surface area contributed by atoms with Gasteiger partial charge in [-0.3, -0.25) is 0 Å². The Morgan fingerprint density at radius 3 is 1.49 bits per heavy atom. The number of anilines is 5. The lowest BCUT2D eigenvalue weighted by Crippen LogP contribution is -2.42. The van der Waals surface area contributed by atoms with Crippen LogP contribution in [-0.4, -0.2) is 0 Å². The fraction of sp³-hybridized carbons (Fsp3) is 0.244. The smallest absolute Gasteiger partial charge is 0.0697 e. The summed E-state index contributed by atoms with van der Waals surface area (Å²) in [6, 6.07) is 55.6. The molecule has 0 saturated heterocycles. The molecule has 0 unspecified atom stereocenters. The molecule has 0 aliphatic carbocycles. The molecule has 0 saturated carbocycles. The Hall–Kier alpha value is -4.82. The molecule has 0 aliphatic rings. The molecule has 0 spiro atoms. The third-order valence-corrected chi connectivity index (χ3v) is 10.7. The van der Waals surface area contributed by atoms with Gasteiger partial charge in [-0.2, -0.15) is 0 Å². The normalized spacial score (nSPS) is 11.9. The highest BCUT2D eigenvalue weighted by atomic mass is 15.2. The van der Waals surface area contributed by atoms with E-state index in [-0.39, 0.29) is 11.0 Å². The van der Waals surface area contributed by atoms with Gasteiger partial charge in [0, 0.05) is 28.1 Å². The van der Waals surface area contributed by atoms with Crippen molar-refractivity contribution in [2.45, 2.75) is 71.3 Å². The lowest BCUT2D eigenvalue weighted by molar-refractivity contribution is 0.402. The van der Waals surface area contributed by atoms with E-state index >= 15 is 0 Å². The topological polar surface area (TPSA) is 6.48 Å². The first-order valence-electron chi connectivity index (χ1n) is 17.4. The molecule has 0 radical (unpaired) electrons. The van der Waals surface area contributed by atoms with Gasteiger partial charge < -0.3 is 9.80 Å². The third-order valence-electron chi connectivity index (χ3n) is 10.7. The van der Waals surface area contributed by atoms with E-state index in [4.69, 9.17) is 0 Å². The lowest BCUT2D eigenvalue weighted by atomic mass is 9.76. The van der Waals surface area contributed by atoms with Gasteiger partial charge in [0.15, 0.2) is 0 Å². The zero-order valence-electron chi connectivity index (χ0n) is 28.7. The van der Waals surface area contributed by atoms with Crippen LogP contribution in [0.2, 0.25) is 0 Å². The highest BCUT2D eigenvalue weighted by Crippen LogP contribution is 2.46. The van der Waals surface area contributed by atoms with E-state index in [0.29, 0.717) is 0 Å². The molecule has 0 aliphatic heterocycles. The Labute approximate surface area is 282 Å². The standard InChI is InChI=1S/C45H48N2/c1-6-44(5,7-2)36-27-29-37(30-28-36)45(8-3,9-4)47(40-23-14-11-15-24-40)41-33-31-39(32-34-41)46(38-21-12-10-13-22-38)43-26-18-20-35-19-16-17-25-42(35)43/h10-34H,6-9H2,1-5H3. The number of hydrogen-bond acceptors (Lipinski definition) is 2. The van der Waals surface area contributed by atoms with Crippen molar-refractivity contribution in [3.8, 4) is 0 Å². The van der Waals surface area contributed by atoms with Crippen molar-refractivity contribution >= 4 is 39.2 Å². The van der Waals surface area contributed by atoms with E-state index in [2.05, 4.69) is 196 Å². The van der Waals surface area contributed by atoms with Crippen LogP contribution in [0.25, 0.3) is 10.8 Å². The summed E-state index contributed by atoms with van der Waals surface area (Å²) >= 11 is 0. The molecule has 0 heterocycles. The molecule has 2 heteroatoms. The first kappa shape index (κ1) is 32.1. The van der Waals surface area contributed by atoms with Crippen molar-refractivity contribution in [3.05, 3.63) is 163 Å². The molecule has 0 N–H and O–H groups in total. The number of nitrogens with zero attached hydrogens (tertiary/aromatic N) is 2. The van der Waals surface area contributed by atoms with Gasteiger partial charge in [-0.1, -0.05) is 132 Å². The summed E-state index contributed by atoms with van der Waals surface area (Å²) < 4.78 is 0. The molecule has 6 aromatic rings. The van der Waals surface area contributed by atoms with Crippen LogP contribution in [0.3, 0.4) is 0 Å². The summed E-state index contributed by atoms with van der Waals surface area (Å²) in [6.45, 7) is 11.7. The molecule has 0 fully saturated rings. The number of hydrogen-bond donors (Lipinski definition) is 0. The largest absolute Gasteiger partial charge is 0.331 e. The van der Waals surface area contributed by atoms with E-state index in [9.17, 15) is 0 Å². The van der Waals surface area contributed by atoms with Gasteiger partial charge in [0.25, 0.3) is 0 Å². The maximum absolute atomic E-state index is 2.58. The van der Waals surface area contributed by atoms with Crippen molar-refractivity contribution in [1.29, 1.82) is 0 Å². The average Bonchev–Trinajstić information content (AvgIpc) is 3.15. The Kier molecular flexibility index (Phi) is 9.50. The molecule has 6 aromatic carbocycles. The van der Waals surface area contributed by atoms with Gasteiger partial charge in [-0.05, 0) is 102 Å². The lowest BCUT2D eigenvalue weighted by Gasteiger charge is -2.46. The quantitative estimate of drug-likeness (QED) is 0.135. The second-order valence-electron chi connectivity index (χ2n) is 12.9. The SMILES string of the molecule is CCC(C)(CC)c1ccc(C(CC)(CC)N(c2ccccc2)c2ccc(N(c3ccccc3)c3cccc4ccccc34)cc2)cc1. The number of rotatable bonds is 12. The van der Waals surface area contributed by atoms with Crippen LogP contribution < -0.4 is 9.80 Å². The van der Waals surface area contributed by atoms with Crippen LogP contribution in [0, 0.1) is 0 Å². The minimum Gasteiger partial charge on any atom is -0.331 e. The van der Waals surface area contributed by atoms with Gasteiger partial charge >= 0.3 is 0 Å². The van der Waals surface area contributed by atoms with Gasteiger partial charge in [0.05, 0.1) is 11.2 Å². The molecule has 0 aromatic heterocycles. The van der Waals surface area contributed by atoms with Crippen LogP contribution in [0.1, 0.15) is 71.4 Å². The van der Waals surface area contributed by atoms with E-state index in [1.165, 1.54) is 39.0 Å². The molecule has 0 bridgehead atoms. The van der Waals surface area contributed by atoms with E-state index < -0.39 is 0 Å². The Morgan fingerprint density at radius 2 is 0.894 bits per heavy atom. The number of para-hydroxylation sites is 2. The van der Waals surface area contributed by atoms with Gasteiger partial charge in [-0.15, -0.1) is 0 Å². The van der Waals surface area contributed by atoms with Crippen LogP contribution in [0.4, 0.5) is 28.4 Å². The first-order chi connectivity index (χ1) is 23.0. The second-order valence-corrected chi connectivity index (χ2v) is 12.9. The van der Waals surface area contributed by atoms with Crippen LogP contribution in [0.5, 0.6) is 0 Å². The van der Waals surface area contributed by atoms with Crippen molar-refractivity contribution < 1.29 is 0 Å². The Morgan fingerprint density at radius 1 is 0.426 bits per heavy atom. The summed E-state index contributed by atoms with van der Waals surface area (Å²) in [7, 11) is 0. The van der Waals surface area contributed by atoms with Crippen molar-refractivity contribution in [2.75, 3.05) is 9.80 Å². The van der Waals surface area contributed by atoms with Crippen LogP contribution in [0.15, 0.2) is 152 Å². The van der Waals surface area contributed by atoms with E-state index in [0.717, 1.165) is 37.1 Å². The second kappa shape index (κ2) is 13.9. The molecule has 0 amide bonds. The first-order valence-corrected chi connectivity index (χ1v) is 17.4. The van der Waals surface area contributed by atoms with Gasteiger partial charge in [0.1, 0.15) is 0 Å². The predicted octanol–water partition coefficient (Wildman–Crippen LogP) is 13.2. The molecule has 2 nitrogen and oxygen atoms in total. The Bertz CT molecular complexity index is 1860. The average molecular weight is 617 g/mol. The van der Waals surface area contributed by atoms with E-state index in [1.807, 2.05) is 0 Å². The van der Waals surface area contributed by atoms with Crippen molar-refractivity contribution in [3.63, 3.8) is 0 Å². The predicted molar refractivity (Wildman–Crippen MR) is 204 cm³/mol. The minimum absolute atomic E-state index is 0.198. The monoisotopic (exact) mass is 616 g/mol. The molecule has 0 atom stereocenters. The zero-order valence-corrected chi connectivity index (χ0v) is 28.7. The Balaban J connectivity index is 1.47. The van der Waals surface area contributed by atoms with Crippen LogP contribution >= 0.6 is 0 Å². The highest BCUT2D eigenvalue weighted by Gasteiger charge is 2.37. The molecule has 238 valence electrons.